The number of nitrogens with one attached hydrogen (secondary N) is 2. The van der Waals surface area contributed by atoms with E-state index in [4.69, 9.17) is 4.98 Å². The number of hydrogen-bond donors (Lipinski definition) is 2. The number of aromatic nitrogens is 2. The van der Waals surface area contributed by atoms with Crippen LogP contribution in [0.25, 0.3) is 22.4 Å². The molecule has 2 aromatic carbocycles. The van der Waals surface area contributed by atoms with Crippen LogP contribution in [0.3, 0.4) is 0 Å². The number of hydrogen-bond acceptors (Lipinski definition) is 3. The van der Waals surface area contributed by atoms with Crippen molar-refractivity contribution in [2.45, 2.75) is 19.3 Å². The summed E-state index contributed by atoms with van der Waals surface area (Å²) in [4.78, 5) is 16.9. The Balaban J connectivity index is 0.00000210. The molecule has 0 aliphatic carbocycles. The predicted octanol–water partition coefficient (Wildman–Crippen LogP) is 3.99. The number of anilines is 1. The summed E-state index contributed by atoms with van der Waals surface area (Å²) in [6.45, 7) is 2.12. The standard InChI is InChI=1S/C21H24N4O.ClH/c1-25-19-5-3-2-4-18(19)24-21(25)16-7-9-17(10-8-16)23-20(26)11-6-15-12-13-22-14-15;/h2-5,7-10,15,22H,6,11-14H2,1H3,(H,23,26);1H. The number of nitrogens with zero attached hydrogens (tertiary/aromatic N) is 2. The van der Waals surface area contributed by atoms with E-state index in [-0.39, 0.29) is 18.3 Å². The number of para-hydroxylation sites is 2. The lowest BCUT2D eigenvalue weighted by Crippen LogP contribution is -2.14. The Bertz CT molecular complexity index is 914. The van der Waals surface area contributed by atoms with Crippen molar-refractivity contribution in [1.29, 1.82) is 0 Å². The topological polar surface area (TPSA) is 59.0 Å². The van der Waals surface area contributed by atoms with Crippen molar-refractivity contribution < 1.29 is 4.79 Å². The molecule has 2 heterocycles. The number of carbonyl (C=O) groups is 1. The normalized spacial score (nSPS) is 16.3. The number of fused-ring (bicyclic) bond motifs is 1. The van der Waals surface area contributed by atoms with Crippen LogP contribution >= 0.6 is 12.4 Å². The van der Waals surface area contributed by atoms with Gasteiger partial charge in [0.25, 0.3) is 0 Å². The number of benzene rings is 2. The molecule has 3 aromatic rings. The first kappa shape index (κ1) is 19.4. The third-order valence-electron chi connectivity index (χ3n) is 5.16. The van der Waals surface area contributed by atoms with Gasteiger partial charge in [0.05, 0.1) is 11.0 Å². The molecule has 1 aromatic heterocycles. The highest BCUT2D eigenvalue weighted by atomic mass is 35.5. The van der Waals surface area contributed by atoms with E-state index in [9.17, 15) is 4.79 Å². The minimum atomic E-state index is 0. The molecule has 0 radical (unpaired) electrons. The molecule has 142 valence electrons. The second kappa shape index (κ2) is 8.55. The lowest BCUT2D eigenvalue weighted by molar-refractivity contribution is -0.116. The van der Waals surface area contributed by atoms with Crippen molar-refractivity contribution in [1.82, 2.24) is 14.9 Å². The Kier molecular flexibility index (Phi) is 6.14. The minimum absolute atomic E-state index is 0. The molecule has 4 rings (SSSR count). The van der Waals surface area contributed by atoms with E-state index in [1.807, 2.05) is 49.5 Å². The monoisotopic (exact) mass is 384 g/mol. The molecule has 1 amide bonds. The van der Waals surface area contributed by atoms with Gasteiger partial charge in [0.15, 0.2) is 0 Å². The molecular weight excluding hydrogens is 360 g/mol. The van der Waals surface area contributed by atoms with Crippen LogP contribution in [-0.2, 0) is 11.8 Å². The molecule has 1 atom stereocenters. The molecule has 1 aliphatic heterocycles. The van der Waals surface area contributed by atoms with E-state index in [0.29, 0.717) is 12.3 Å². The van der Waals surface area contributed by atoms with Gasteiger partial charge in [-0.05, 0) is 68.2 Å². The molecule has 1 fully saturated rings. The summed E-state index contributed by atoms with van der Waals surface area (Å²) in [5.74, 6) is 1.66. The molecule has 2 N–H and O–H groups in total. The van der Waals surface area contributed by atoms with Crippen LogP contribution in [0.4, 0.5) is 5.69 Å². The van der Waals surface area contributed by atoms with Crippen LogP contribution in [0.5, 0.6) is 0 Å². The van der Waals surface area contributed by atoms with Gasteiger partial charge in [-0.2, -0.15) is 0 Å². The quantitative estimate of drug-likeness (QED) is 0.699. The van der Waals surface area contributed by atoms with Gasteiger partial charge in [-0.25, -0.2) is 4.98 Å². The number of amides is 1. The maximum absolute atomic E-state index is 12.1. The van der Waals surface area contributed by atoms with Crippen LogP contribution in [0.1, 0.15) is 19.3 Å². The lowest BCUT2D eigenvalue weighted by atomic mass is 10.0. The van der Waals surface area contributed by atoms with E-state index >= 15 is 0 Å². The maximum Gasteiger partial charge on any atom is 0.224 e. The van der Waals surface area contributed by atoms with Crippen LogP contribution in [0, 0.1) is 5.92 Å². The van der Waals surface area contributed by atoms with E-state index in [2.05, 4.69) is 21.3 Å². The summed E-state index contributed by atoms with van der Waals surface area (Å²) in [5, 5.41) is 6.34. The zero-order chi connectivity index (χ0) is 17.9. The molecule has 0 spiro atoms. The summed E-state index contributed by atoms with van der Waals surface area (Å²) in [7, 11) is 2.03. The van der Waals surface area contributed by atoms with Crippen molar-refractivity contribution in [2.75, 3.05) is 18.4 Å². The molecule has 6 heteroatoms. The average Bonchev–Trinajstić information content (AvgIpc) is 3.29. The third-order valence-corrected chi connectivity index (χ3v) is 5.16. The smallest absolute Gasteiger partial charge is 0.224 e. The van der Waals surface area contributed by atoms with Crippen LogP contribution in [-0.4, -0.2) is 28.5 Å². The molecule has 0 bridgehead atoms. The zero-order valence-corrected chi connectivity index (χ0v) is 16.3. The molecule has 0 saturated carbocycles. The number of imidazole rings is 1. The van der Waals surface area contributed by atoms with Gasteiger partial charge in [0.1, 0.15) is 5.82 Å². The SMILES string of the molecule is Cl.Cn1c(-c2ccc(NC(=O)CCC3CCNC3)cc2)nc2ccccc21. The van der Waals surface area contributed by atoms with E-state index in [1.54, 1.807) is 0 Å². The zero-order valence-electron chi connectivity index (χ0n) is 15.4. The van der Waals surface area contributed by atoms with Crippen LogP contribution in [0.2, 0.25) is 0 Å². The molecule has 5 nitrogen and oxygen atoms in total. The van der Waals surface area contributed by atoms with Crippen molar-refractivity contribution in [3.63, 3.8) is 0 Å². The largest absolute Gasteiger partial charge is 0.327 e. The van der Waals surface area contributed by atoms with Gasteiger partial charge in [-0.15, -0.1) is 12.4 Å². The summed E-state index contributed by atoms with van der Waals surface area (Å²) in [6, 6.07) is 16.0. The fourth-order valence-corrected chi connectivity index (χ4v) is 3.63. The highest BCUT2D eigenvalue weighted by Crippen LogP contribution is 2.25. The van der Waals surface area contributed by atoms with Gasteiger partial charge < -0.3 is 15.2 Å². The van der Waals surface area contributed by atoms with Crippen molar-refractivity contribution in [3.05, 3.63) is 48.5 Å². The van der Waals surface area contributed by atoms with Gasteiger partial charge in [0, 0.05) is 24.7 Å². The molecular formula is C21H25ClN4O. The van der Waals surface area contributed by atoms with Gasteiger partial charge >= 0.3 is 0 Å². The Morgan fingerprint density at radius 1 is 1.22 bits per heavy atom. The first-order valence-electron chi connectivity index (χ1n) is 9.23. The van der Waals surface area contributed by atoms with Gasteiger partial charge in [0.2, 0.25) is 5.91 Å². The van der Waals surface area contributed by atoms with Crippen LogP contribution in [0.15, 0.2) is 48.5 Å². The molecule has 1 aliphatic rings. The van der Waals surface area contributed by atoms with Crippen molar-refractivity contribution in [2.24, 2.45) is 13.0 Å². The fraction of sp³-hybridized carbons (Fsp3) is 0.333. The highest BCUT2D eigenvalue weighted by molar-refractivity contribution is 5.91. The Morgan fingerprint density at radius 3 is 2.70 bits per heavy atom. The summed E-state index contributed by atoms with van der Waals surface area (Å²) in [6.07, 6.45) is 2.72. The summed E-state index contributed by atoms with van der Waals surface area (Å²) >= 11 is 0. The first-order valence-corrected chi connectivity index (χ1v) is 9.23. The Morgan fingerprint density at radius 2 is 2.00 bits per heavy atom. The first-order chi connectivity index (χ1) is 12.7. The van der Waals surface area contributed by atoms with Crippen molar-refractivity contribution >= 4 is 35.0 Å². The highest BCUT2D eigenvalue weighted by Gasteiger charge is 2.16. The Labute approximate surface area is 165 Å². The number of carbonyl (C=O) groups excluding carboxylic acids is 1. The number of rotatable bonds is 5. The average molecular weight is 385 g/mol. The second-order valence-electron chi connectivity index (χ2n) is 7.01. The minimum Gasteiger partial charge on any atom is -0.327 e. The summed E-state index contributed by atoms with van der Waals surface area (Å²) < 4.78 is 2.10. The van der Waals surface area contributed by atoms with E-state index in [0.717, 1.165) is 47.6 Å². The lowest BCUT2D eigenvalue weighted by Gasteiger charge is -2.09. The van der Waals surface area contributed by atoms with Gasteiger partial charge in [-0.3, -0.25) is 4.79 Å². The van der Waals surface area contributed by atoms with Crippen molar-refractivity contribution in [3.8, 4) is 11.4 Å². The Hall–Kier alpha value is -2.37. The van der Waals surface area contributed by atoms with Crippen LogP contribution < -0.4 is 10.6 Å². The van der Waals surface area contributed by atoms with E-state index < -0.39 is 0 Å². The van der Waals surface area contributed by atoms with E-state index in [1.165, 1.54) is 6.42 Å². The maximum atomic E-state index is 12.1. The van der Waals surface area contributed by atoms with Gasteiger partial charge in [-0.1, -0.05) is 12.1 Å². The third kappa shape index (κ3) is 4.31. The fourth-order valence-electron chi connectivity index (χ4n) is 3.63. The second-order valence-corrected chi connectivity index (χ2v) is 7.01. The number of aryl methyl sites for hydroxylation is 1. The summed E-state index contributed by atoms with van der Waals surface area (Å²) in [5.41, 5.74) is 3.98. The molecule has 1 unspecified atom stereocenters. The molecule has 1 saturated heterocycles. The predicted molar refractivity (Wildman–Crippen MR) is 112 cm³/mol. The molecule has 27 heavy (non-hydrogen) atoms. The number of halogens is 1.